The molecule has 12 nitrogen and oxygen atoms in total. The minimum Gasteiger partial charge on any atom is -0.501 e. The van der Waals surface area contributed by atoms with E-state index >= 15 is 0 Å². The maximum atomic E-state index is 6.05. The molecule has 0 amide bonds. The average Bonchev–Trinajstić information content (AvgIpc) is 1.64. The standard InChI is InChI=1S/4C18H12NO.4C14H14N.4Ir/c1-12-6-4-10-16(19-12)15-9-5-8-14-13-7-2-3-11-17(13)20-18(14)15;1-12-8-9-13-14-5-4-6-15(16-7-2-3-10-19-16)18(14)20-17(13)11-12;1-12-9-10-19-16(11-12)15-7-4-6-14-13-5-2-3-8-17(13)20-18(14)15;1-12-9-10-16(19-11-12)15-7-4-6-14-13-5-2-3-8-17(13)20-18(14)15;1-10-4-5-15-14(9-10)13-7-11(2)6-12(3)8-13;3*1-11(2)12-6-5-7-13(10-12)14-8-3-4-9-15-14;;;;/h2-8,10-11H,1H3;2-5,7-11H,1H3;2*2-6,8-11H,1H3;4-7,9H,1-3H3;3*3-6,8-11H,1-2H3;;;;/q8*-1;;;;. The summed E-state index contributed by atoms with van der Waals surface area (Å²) in [7, 11) is 0. The van der Waals surface area contributed by atoms with Crippen LogP contribution < -0.4 is 0 Å². The monoisotopic (exact) mass is 2590 g/mol. The van der Waals surface area contributed by atoms with Gasteiger partial charge in [0.1, 0.15) is 22.3 Å². The van der Waals surface area contributed by atoms with Crippen LogP contribution in [0.1, 0.15) is 115 Å². The molecule has 0 aliphatic heterocycles. The van der Waals surface area contributed by atoms with Crippen LogP contribution in [0.4, 0.5) is 0 Å². The summed E-state index contributed by atoms with van der Waals surface area (Å²) in [5.74, 6) is 1.63. The Hall–Kier alpha value is -14.4. The topological polar surface area (TPSA) is 156 Å². The third-order valence-electron chi connectivity index (χ3n) is 23.6. The van der Waals surface area contributed by atoms with Crippen LogP contribution in [-0.4, -0.2) is 39.9 Å². The van der Waals surface area contributed by atoms with Gasteiger partial charge in [0.25, 0.3) is 0 Å². The number of benzene rings is 12. The van der Waals surface area contributed by atoms with Crippen LogP contribution >= 0.6 is 0 Å². The van der Waals surface area contributed by atoms with Gasteiger partial charge in [0, 0.05) is 151 Å². The fraction of sp³-hybridized carbons (Fsp3) is 0.125. The first kappa shape index (κ1) is 107. The molecule has 0 atom stereocenters. The van der Waals surface area contributed by atoms with Gasteiger partial charge in [0.2, 0.25) is 0 Å². The van der Waals surface area contributed by atoms with Crippen molar-refractivity contribution in [3.05, 3.63) is 481 Å². The van der Waals surface area contributed by atoms with Crippen molar-refractivity contribution in [3.63, 3.8) is 0 Å². The summed E-state index contributed by atoms with van der Waals surface area (Å²) in [5.41, 5.74) is 34.6. The van der Waals surface area contributed by atoms with Gasteiger partial charge in [0.05, 0.1) is 22.3 Å². The van der Waals surface area contributed by atoms with E-state index < -0.39 is 0 Å². The molecular formula is C128H104Ir4N8O4-8. The van der Waals surface area contributed by atoms with E-state index in [0.29, 0.717) is 17.8 Å². The second-order valence-corrected chi connectivity index (χ2v) is 35.3. The molecule has 0 saturated carbocycles. The van der Waals surface area contributed by atoms with Crippen LogP contribution in [0.2, 0.25) is 0 Å². The van der Waals surface area contributed by atoms with Crippen molar-refractivity contribution in [3.8, 4) is 90.1 Å². The second kappa shape index (κ2) is 51.0. The fourth-order valence-corrected chi connectivity index (χ4v) is 16.4. The van der Waals surface area contributed by atoms with Crippen LogP contribution in [-0.2, 0) is 80.4 Å². The Morgan fingerprint density at radius 2 is 0.562 bits per heavy atom. The largest absolute Gasteiger partial charge is 0.501 e. The molecule has 24 aromatic rings. The van der Waals surface area contributed by atoms with Gasteiger partial charge in [-0.1, -0.05) is 262 Å². The van der Waals surface area contributed by atoms with E-state index in [1.807, 2.05) is 282 Å². The third-order valence-corrected chi connectivity index (χ3v) is 23.6. The van der Waals surface area contributed by atoms with Crippen LogP contribution in [0, 0.1) is 97.0 Å². The number of rotatable bonds is 11. The van der Waals surface area contributed by atoms with Gasteiger partial charge in [0.15, 0.2) is 0 Å². The first-order chi connectivity index (χ1) is 68.3. The van der Waals surface area contributed by atoms with Gasteiger partial charge < -0.3 is 57.5 Å². The van der Waals surface area contributed by atoms with E-state index in [1.165, 1.54) is 38.9 Å². The van der Waals surface area contributed by atoms with Crippen molar-refractivity contribution < 1.29 is 98.1 Å². The summed E-state index contributed by atoms with van der Waals surface area (Å²) >= 11 is 0. The summed E-state index contributed by atoms with van der Waals surface area (Å²) in [6.45, 7) is 27.5. The van der Waals surface area contributed by atoms with Gasteiger partial charge in [-0.15, -0.1) is 214 Å². The Morgan fingerprint density at radius 1 is 0.222 bits per heavy atom. The molecule has 12 aromatic carbocycles. The van der Waals surface area contributed by atoms with E-state index in [0.717, 1.165) is 195 Å². The molecular weight excluding hydrogens is 2480 g/mol. The Labute approximate surface area is 896 Å². The predicted molar refractivity (Wildman–Crippen MR) is 573 cm³/mol. The van der Waals surface area contributed by atoms with Crippen molar-refractivity contribution in [1.82, 2.24) is 39.9 Å². The van der Waals surface area contributed by atoms with Gasteiger partial charge in [-0.25, -0.2) is 0 Å². The van der Waals surface area contributed by atoms with Crippen LogP contribution in [0.25, 0.3) is 178 Å². The summed E-state index contributed by atoms with van der Waals surface area (Å²) in [6.07, 6.45) is 12.7. The molecule has 0 aliphatic carbocycles. The molecule has 16 heteroatoms. The number of aromatic nitrogens is 8. The molecule has 0 aliphatic rings. The van der Waals surface area contributed by atoms with Crippen LogP contribution in [0.15, 0.2) is 395 Å². The minimum absolute atomic E-state index is 0. The molecule has 0 spiro atoms. The third kappa shape index (κ3) is 26.6. The minimum atomic E-state index is 0. The molecule has 724 valence electrons. The molecule has 0 bridgehead atoms. The van der Waals surface area contributed by atoms with E-state index in [9.17, 15) is 0 Å². The van der Waals surface area contributed by atoms with Gasteiger partial charge >= 0.3 is 0 Å². The molecule has 24 rings (SSSR count). The number of para-hydroxylation sites is 3. The number of hydrogen-bond donors (Lipinski definition) is 0. The summed E-state index contributed by atoms with van der Waals surface area (Å²) in [6, 6.07) is 137. The van der Waals surface area contributed by atoms with Crippen molar-refractivity contribution in [2.45, 2.75) is 108 Å². The quantitative estimate of drug-likeness (QED) is 0.113. The molecule has 12 heterocycles. The van der Waals surface area contributed by atoms with Crippen molar-refractivity contribution in [2.24, 2.45) is 0 Å². The molecule has 0 N–H and O–H groups in total. The van der Waals surface area contributed by atoms with Crippen molar-refractivity contribution >= 4 is 87.8 Å². The number of pyridine rings is 8. The van der Waals surface area contributed by atoms with Crippen molar-refractivity contribution in [1.29, 1.82) is 0 Å². The van der Waals surface area contributed by atoms with E-state index in [-0.39, 0.29) is 80.4 Å². The Bertz CT molecular complexity index is 7950. The van der Waals surface area contributed by atoms with Gasteiger partial charge in [-0.2, -0.15) is 0 Å². The number of nitrogens with zero attached hydrogens (tertiary/aromatic N) is 8. The van der Waals surface area contributed by atoms with Crippen molar-refractivity contribution in [2.75, 3.05) is 0 Å². The van der Waals surface area contributed by atoms with Crippen LogP contribution in [0.3, 0.4) is 0 Å². The zero-order valence-electron chi connectivity index (χ0n) is 82.1. The second-order valence-electron chi connectivity index (χ2n) is 35.3. The van der Waals surface area contributed by atoms with E-state index in [4.69, 9.17) is 17.7 Å². The Morgan fingerprint density at radius 3 is 0.951 bits per heavy atom. The van der Waals surface area contributed by atoms with E-state index in [2.05, 4.69) is 268 Å². The smallest absolute Gasteiger partial charge is 0.121 e. The summed E-state index contributed by atoms with van der Waals surface area (Å²) in [4.78, 5) is 35.2. The molecule has 0 unspecified atom stereocenters. The molecule has 4 radical (unpaired) electrons. The normalized spacial score (nSPS) is 10.6. The number of aryl methyl sites for hydroxylation is 7. The van der Waals surface area contributed by atoms with Gasteiger partial charge in [-0.05, 0) is 176 Å². The molecule has 12 aromatic heterocycles. The first-order valence-corrected chi connectivity index (χ1v) is 47.0. The average molecular weight is 2590 g/mol. The SMILES string of the molecule is CC(C)c1cc[c-]c(-c2ccccn2)c1.CC(C)c1cc[c-]c(-c2ccccn2)c1.CC(C)c1cc[c-]c(-c2ccccn2)c1.Cc1[c-]c(-c2cc(C)ccn2)cc(C)c1.Cc1ccc(-c2[c-]ccc3c2oc2ccccc23)nc1.Cc1ccc2c(c1)oc1c(-c3ccccn3)[c-]ccc12.Cc1cccc(-c2[c-]ccc3c2oc2ccccc23)n1.Cc1ccnc(-c2[c-]ccc3c2oc2ccccc23)c1.[Ir].[Ir].[Ir].[Ir]. The zero-order valence-corrected chi connectivity index (χ0v) is 91.7. The molecule has 0 saturated heterocycles. The van der Waals surface area contributed by atoms with Gasteiger partial charge in [-0.3, -0.25) is 0 Å². The maximum Gasteiger partial charge on any atom is 0.121 e. The Kier molecular flexibility index (Phi) is 37.9. The summed E-state index contributed by atoms with van der Waals surface area (Å²) < 4.78 is 24.1. The number of hydrogen-bond acceptors (Lipinski definition) is 12. The predicted octanol–water partition coefficient (Wildman–Crippen LogP) is 33.5. The number of furan rings is 4. The maximum absolute atomic E-state index is 6.05. The fourth-order valence-electron chi connectivity index (χ4n) is 16.4. The summed E-state index contributed by atoms with van der Waals surface area (Å²) in [5, 5.41) is 8.96. The first-order valence-electron chi connectivity index (χ1n) is 47.0. The molecule has 0 fully saturated rings. The molecule has 144 heavy (non-hydrogen) atoms. The van der Waals surface area contributed by atoms with Crippen LogP contribution in [0.5, 0.6) is 0 Å². The van der Waals surface area contributed by atoms with E-state index in [1.54, 1.807) is 6.20 Å². The zero-order chi connectivity index (χ0) is 97.0. The number of fused-ring (bicyclic) bond motifs is 12. The Balaban J connectivity index is 0.000000138.